The third-order valence-corrected chi connectivity index (χ3v) is 2.88. The summed E-state index contributed by atoms with van der Waals surface area (Å²) in [4.78, 5) is 12.0. The number of hydrogen-bond acceptors (Lipinski definition) is 4. The summed E-state index contributed by atoms with van der Waals surface area (Å²) in [5, 5.41) is 9.10. The highest BCUT2D eigenvalue weighted by Crippen LogP contribution is 2.24. The Balaban J connectivity index is 2.28. The number of carbonyl (C=O) groups is 1. The van der Waals surface area contributed by atoms with Gasteiger partial charge in [-0.1, -0.05) is 0 Å². The van der Waals surface area contributed by atoms with Gasteiger partial charge in [0.2, 0.25) is 0 Å². The zero-order valence-corrected chi connectivity index (χ0v) is 12.8. The molecule has 0 aliphatic heterocycles. The Morgan fingerprint density at radius 2 is 1.71 bits per heavy atom. The van der Waals surface area contributed by atoms with E-state index in [1.807, 2.05) is 6.07 Å². The van der Waals surface area contributed by atoms with E-state index in [9.17, 15) is 18.0 Å². The van der Waals surface area contributed by atoms with E-state index in [1.165, 1.54) is 18.2 Å². The van der Waals surface area contributed by atoms with Gasteiger partial charge in [0.05, 0.1) is 17.2 Å². The average Bonchev–Trinajstić information content (AvgIpc) is 2.52. The van der Waals surface area contributed by atoms with Gasteiger partial charge in [0, 0.05) is 12.1 Å². The fraction of sp³-hybridized carbons (Fsp3) is 0.176. The van der Waals surface area contributed by atoms with Gasteiger partial charge in [0.15, 0.2) is 23.2 Å². The fourth-order valence-electron chi connectivity index (χ4n) is 1.84. The van der Waals surface area contributed by atoms with Gasteiger partial charge >= 0.3 is 5.97 Å². The molecule has 0 saturated heterocycles. The second-order valence-electron chi connectivity index (χ2n) is 5.08. The van der Waals surface area contributed by atoms with Crippen molar-refractivity contribution in [2.75, 3.05) is 0 Å². The van der Waals surface area contributed by atoms with Gasteiger partial charge in [0.1, 0.15) is 11.8 Å². The van der Waals surface area contributed by atoms with Crippen LogP contribution in [0.25, 0.3) is 0 Å². The minimum absolute atomic E-state index is 0.0632. The van der Waals surface area contributed by atoms with Crippen molar-refractivity contribution in [2.45, 2.75) is 20.0 Å². The Morgan fingerprint density at radius 3 is 2.33 bits per heavy atom. The normalized spacial score (nSPS) is 10.4. The lowest BCUT2D eigenvalue weighted by Gasteiger charge is -2.12. The Morgan fingerprint density at radius 1 is 1.04 bits per heavy atom. The Bertz CT molecular complexity index is 829. The summed E-state index contributed by atoms with van der Waals surface area (Å²) in [6.45, 7) is 3.55. The van der Waals surface area contributed by atoms with E-state index in [-0.39, 0.29) is 29.0 Å². The van der Waals surface area contributed by atoms with Crippen LogP contribution >= 0.6 is 0 Å². The molecule has 2 aromatic rings. The number of nitrogens with zero attached hydrogens (tertiary/aromatic N) is 1. The third kappa shape index (κ3) is 3.84. The maximum Gasteiger partial charge on any atom is 0.343 e. The van der Waals surface area contributed by atoms with Crippen molar-refractivity contribution in [1.29, 1.82) is 5.26 Å². The van der Waals surface area contributed by atoms with Crippen LogP contribution in [-0.4, -0.2) is 12.1 Å². The van der Waals surface area contributed by atoms with E-state index < -0.39 is 29.2 Å². The molecule has 2 aromatic carbocycles. The van der Waals surface area contributed by atoms with Crippen LogP contribution < -0.4 is 9.47 Å². The number of esters is 1. The SMILES string of the molecule is CC(C)Oc1ccc(C(=O)Oc2cc(F)c(F)cc2F)cc1C#N. The molecule has 0 fully saturated rings. The largest absolute Gasteiger partial charge is 0.490 e. The molecule has 0 spiro atoms. The van der Waals surface area contributed by atoms with Gasteiger partial charge in [-0.05, 0) is 32.0 Å². The molecular formula is C17H12F3NO3. The highest BCUT2D eigenvalue weighted by Gasteiger charge is 2.17. The van der Waals surface area contributed by atoms with Crippen molar-refractivity contribution in [3.05, 3.63) is 58.9 Å². The molecule has 0 unspecified atom stereocenters. The molecule has 0 bridgehead atoms. The summed E-state index contributed by atoms with van der Waals surface area (Å²) in [7, 11) is 0. The molecule has 0 aliphatic rings. The lowest BCUT2D eigenvalue weighted by molar-refractivity contribution is 0.0727. The highest BCUT2D eigenvalue weighted by molar-refractivity contribution is 5.91. The zero-order valence-electron chi connectivity index (χ0n) is 12.8. The van der Waals surface area contributed by atoms with Crippen molar-refractivity contribution < 1.29 is 27.4 Å². The van der Waals surface area contributed by atoms with Crippen LogP contribution in [-0.2, 0) is 0 Å². The van der Waals surface area contributed by atoms with Crippen LogP contribution in [0.2, 0.25) is 0 Å². The number of ether oxygens (including phenoxy) is 2. The second-order valence-corrected chi connectivity index (χ2v) is 5.08. The predicted octanol–water partition coefficient (Wildman–Crippen LogP) is 3.98. The maximum absolute atomic E-state index is 13.5. The van der Waals surface area contributed by atoms with E-state index >= 15 is 0 Å². The van der Waals surface area contributed by atoms with E-state index in [4.69, 9.17) is 14.7 Å². The first-order chi connectivity index (χ1) is 11.3. The summed E-state index contributed by atoms with van der Waals surface area (Å²) in [6, 6.07) is 6.51. The lowest BCUT2D eigenvalue weighted by atomic mass is 10.1. The third-order valence-electron chi connectivity index (χ3n) is 2.88. The standard InChI is InChI=1S/C17H12F3NO3/c1-9(2)23-15-4-3-10(5-11(15)8-21)17(22)24-16-7-13(19)12(18)6-14(16)20/h3-7,9H,1-2H3. The molecule has 2 rings (SSSR count). The van der Waals surface area contributed by atoms with E-state index in [1.54, 1.807) is 13.8 Å². The quantitative estimate of drug-likeness (QED) is 0.482. The van der Waals surface area contributed by atoms with Gasteiger partial charge in [-0.15, -0.1) is 0 Å². The average molecular weight is 335 g/mol. The number of benzene rings is 2. The first-order valence-electron chi connectivity index (χ1n) is 6.89. The van der Waals surface area contributed by atoms with Gasteiger partial charge in [-0.3, -0.25) is 0 Å². The molecule has 0 amide bonds. The molecule has 0 atom stereocenters. The van der Waals surface area contributed by atoms with Gasteiger partial charge in [-0.2, -0.15) is 5.26 Å². The summed E-state index contributed by atoms with van der Waals surface area (Å²) in [6.07, 6.45) is -0.175. The molecule has 0 radical (unpaired) electrons. The Labute approximate surface area is 136 Å². The lowest BCUT2D eigenvalue weighted by Crippen LogP contribution is -2.12. The first kappa shape index (κ1) is 17.3. The molecule has 4 nitrogen and oxygen atoms in total. The molecule has 0 aromatic heterocycles. The van der Waals surface area contributed by atoms with Crippen molar-refractivity contribution in [2.24, 2.45) is 0 Å². The summed E-state index contributed by atoms with van der Waals surface area (Å²) in [5.41, 5.74) is 0.0238. The van der Waals surface area contributed by atoms with E-state index in [2.05, 4.69) is 0 Å². The van der Waals surface area contributed by atoms with Crippen LogP contribution in [0.15, 0.2) is 30.3 Å². The van der Waals surface area contributed by atoms with Crippen molar-refractivity contribution in [1.82, 2.24) is 0 Å². The molecule has 0 saturated carbocycles. The van der Waals surface area contributed by atoms with Gasteiger partial charge in [-0.25, -0.2) is 18.0 Å². The molecule has 0 heterocycles. The number of rotatable bonds is 4. The molecular weight excluding hydrogens is 323 g/mol. The molecule has 0 aliphatic carbocycles. The monoisotopic (exact) mass is 335 g/mol. The molecule has 0 N–H and O–H groups in total. The number of nitriles is 1. The van der Waals surface area contributed by atoms with Gasteiger partial charge < -0.3 is 9.47 Å². The minimum atomic E-state index is -1.39. The molecule has 7 heteroatoms. The highest BCUT2D eigenvalue weighted by atomic mass is 19.2. The maximum atomic E-state index is 13.5. The first-order valence-corrected chi connectivity index (χ1v) is 6.89. The fourth-order valence-corrected chi connectivity index (χ4v) is 1.84. The molecule has 24 heavy (non-hydrogen) atoms. The topological polar surface area (TPSA) is 59.3 Å². The van der Waals surface area contributed by atoms with Crippen LogP contribution in [0.4, 0.5) is 13.2 Å². The van der Waals surface area contributed by atoms with E-state index in [0.717, 1.165) is 0 Å². The summed E-state index contributed by atoms with van der Waals surface area (Å²) >= 11 is 0. The Kier molecular flexibility index (Phi) is 5.09. The minimum Gasteiger partial charge on any atom is -0.490 e. The number of hydrogen-bond donors (Lipinski definition) is 0. The van der Waals surface area contributed by atoms with Crippen molar-refractivity contribution >= 4 is 5.97 Å². The zero-order chi connectivity index (χ0) is 17.9. The summed E-state index contributed by atoms with van der Waals surface area (Å²) in [5.74, 6) is -5.45. The van der Waals surface area contributed by atoms with Crippen molar-refractivity contribution in [3.8, 4) is 17.6 Å². The smallest absolute Gasteiger partial charge is 0.343 e. The van der Waals surface area contributed by atoms with Crippen LogP contribution in [0.5, 0.6) is 11.5 Å². The Hall–Kier alpha value is -3.01. The van der Waals surface area contributed by atoms with Gasteiger partial charge in [0.25, 0.3) is 0 Å². The summed E-state index contributed by atoms with van der Waals surface area (Å²) < 4.78 is 49.6. The van der Waals surface area contributed by atoms with Crippen LogP contribution in [0, 0.1) is 28.8 Å². The van der Waals surface area contributed by atoms with Crippen molar-refractivity contribution in [3.63, 3.8) is 0 Å². The van der Waals surface area contributed by atoms with Crippen LogP contribution in [0.1, 0.15) is 29.8 Å². The second kappa shape index (κ2) is 7.04. The number of carbonyl (C=O) groups excluding carboxylic acids is 1. The predicted molar refractivity (Wildman–Crippen MR) is 78.2 cm³/mol. The van der Waals surface area contributed by atoms with Crippen LogP contribution in [0.3, 0.4) is 0 Å². The number of halogens is 3. The van der Waals surface area contributed by atoms with E-state index in [0.29, 0.717) is 6.07 Å². The molecule has 124 valence electrons.